The van der Waals surface area contributed by atoms with Crippen LogP contribution in [0.3, 0.4) is 0 Å². The molecule has 0 saturated carbocycles. The third-order valence-electron chi connectivity index (χ3n) is 2.45. The molecule has 0 fully saturated rings. The minimum Gasteiger partial charge on any atom is -0.494 e. The highest BCUT2D eigenvalue weighted by Gasteiger charge is 2.13. The number of hydrogen-bond donors (Lipinski definition) is 1. The molecule has 1 N–H and O–H groups in total. The topological polar surface area (TPSA) is 55.4 Å². The average molecular weight is 277 g/mol. The van der Waals surface area contributed by atoms with Gasteiger partial charge in [-0.2, -0.15) is 0 Å². The van der Waals surface area contributed by atoms with Gasteiger partial charge < -0.3 is 4.74 Å². The molecular weight excluding hydrogens is 262 g/mol. The van der Waals surface area contributed by atoms with Crippen LogP contribution in [0.15, 0.2) is 59.5 Å². The minimum absolute atomic E-state index is 0.233. The highest BCUT2D eigenvalue weighted by atomic mass is 32.2. The molecule has 0 unspecified atom stereocenters. The fourth-order valence-corrected chi connectivity index (χ4v) is 2.70. The Balaban J connectivity index is 2.23. The van der Waals surface area contributed by atoms with E-state index < -0.39 is 10.0 Å². The first-order chi connectivity index (χ1) is 9.12. The molecule has 0 aliphatic carbocycles. The number of benzene rings is 2. The lowest BCUT2D eigenvalue weighted by molar-refractivity contribution is 0.340. The van der Waals surface area contributed by atoms with Crippen molar-refractivity contribution < 1.29 is 13.2 Å². The molecule has 5 heteroatoms. The second kappa shape index (κ2) is 5.75. The van der Waals surface area contributed by atoms with E-state index in [4.69, 9.17) is 4.74 Å². The Hall–Kier alpha value is -2.01. The molecule has 0 atom stereocenters. The van der Waals surface area contributed by atoms with E-state index in [1.54, 1.807) is 54.6 Å². The molecule has 4 nitrogen and oxygen atoms in total. The summed E-state index contributed by atoms with van der Waals surface area (Å²) < 4.78 is 32.1. The molecule has 0 bridgehead atoms. The summed E-state index contributed by atoms with van der Waals surface area (Å²) in [5.74, 6) is 0.635. The third-order valence-corrected chi connectivity index (χ3v) is 3.85. The molecule has 19 heavy (non-hydrogen) atoms. The molecule has 0 aliphatic heterocycles. The predicted molar refractivity (Wildman–Crippen MR) is 74.9 cm³/mol. The zero-order valence-corrected chi connectivity index (χ0v) is 11.4. The smallest absolute Gasteiger partial charge is 0.261 e. The van der Waals surface area contributed by atoms with Crippen LogP contribution in [-0.2, 0) is 10.0 Å². The van der Waals surface area contributed by atoms with Gasteiger partial charge >= 0.3 is 0 Å². The summed E-state index contributed by atoms with van der Waals surface area (Å²) in [5, 5.41) is 0. The van der Waals surface area contributed by atoms with Gasteiger partial charge in [0.15, 0.2) is 0 Å². The van der Waals surface area contributed by atoms with Crippen molar-refractivity contribution in [3.63, 3.8) is 0 Å². The maximum absolute atomic E-state index is 12.1. The summed E-state index contributed by atoms with van der Waals surface area (Å²) in [6, 6.07) is 15.1. The lowest BCUT2D eigenvalue weighted by Gasteiger charge is -2.09. The average Bonchev–Trinajstić information content (AvgIpc) is 2.40. The van der Waals surface area contributed by atoms with Crippen molar-refractivity contribution in [3.8, 4) is 5.75 Å². The van der Waals surface area contributed by atoms with Gasteiger partial charge in [-0.15, -0.1) is 0 Å². The normalized spacial score (nSPS) is 11.0. The van der Waals surface area contributed by atoms with Crippen LogP contribution in [0.1, 0.15) is 6.92 Å². The molecule has 2 aromatic carbocycles. The van der Waals surface area contributed by atoms with Gasteiger partial charge in [-0.3, -0.25) is 4.72 Å². The van der Waals surface area contributed by atoms with E-state index in [0.29, 0.717) is 18.0 Å². The summed E-state index contributed by atoms with van der Waals surface area (Å²) in [6.07, 6.45) is 0. The molecule has 0 aromatic heterocycles. The van der Waals surface area contributed by atoms with Crippen LogP contribution >= 0.6 is 0 Å². The molecule has 100 valence electrons. The van der Waals surface area contributed by atoms with Crippen molar-refractivity contribution in [1.82, 2.24) is 0 Å². The number of anilines is 1. The van der Waals surface area contributed by atoms with E-state index in [1.165, 1.54) is 0 Å². The Labute approximate surface area is 113 Å². The second-order valence-corrected chi connectivity index (χ2v) is 5.56. The lowest BCUT2D eigenvalue weighted by atomic mass is 10.3. The highest BCUT2D eigenvalue weighted by molar-refractivity contribution is 7.92. The van der Waals surface area contributed by atoms with Gasteiger partial charge in [0.2, 0.25) is 0 Å². The van der Waals surface area contributed by atoms with Crippen LogP contribution in [0.2, 0.25) is 0 Å². The van der Waals surface area contributed by atoms with E-state index in [2.05, 4.69) is 4.72 Å². The van der Waals surface area contributed by atoms with E-state index in [-0.39, 0.29) is 4.90 Å². The molecule has 2 rings (SSSR count). The van der Waals surface area contributed by atoms with Crippen molar-refractivity contribution in [2.75, 3.05) is 11.3 Å². The quantitative estimate of drug-likeness (QED) is 0.914. The monoisotopic (exact) mass is 277 g/mol. The Kier molecular flexibility index (Phi) is 4.06. The van der Waals surface area contributed by atoms with E-state index in [9.17, 15) is 8.42 Å². The third kappa shape index (κ3) is 3.48. The fourth-order valence-electron chi connectivity index (χ4n) is 1.63. The summed E-state index contributed by atoms with van der Waals surface area (Å²) in [5.41, 5.74) is 0.481. The first-order valence-electron chi connectivity index (χ1n) is 5.92. The molecular formula is C14H15NO3S. The first kappa shape index (κ1) is 13.4. The molecule has 0 spiro atoms. The van der Waals surface area contributed by atoms with Gasteiger partial charge in [0.1, 0.15) is 5.75 Å². The maximum atomic E-state index is 12.1. The van der Waals surface area contributed by atoms with Gasteiger partial charge in [-0.25, -0.2) is 8.42 Å². The second-order valence-electron chi connectivity index (χ2n) is 3.88. The van der Waals surface area contributed by atoms with E-state index in [0.717, 1.165) is 0 Å². The minimum atomic E-state index is -3.55. The van der Waals surface area contributed by atoms with Crippen LogP contribution in [0.4, 0.5) is 5.69 Å². The van der Waals surface area contributed by atoms with Crippen molar-refractivity contribution in [2.45, 2.75) is 11.8 Å². The Bertz CT molecular complexity index is 639. The molecule has 2 aromatic rings. The Morgan fingerprint density at radius 1 is 1.05 bits per heavy atom. The van der Waals surface area contributed by atoms with E-state index >= 15 is 0 Å². The van der Waals surface area contributed by atoms with Crippen molar-refractivity contribution in [1.29, 1.82) is 0 Å². The standard InChI is InChI=1S/C14H15NO3S/c1-2-18-13-8-6-7-12(11-13)15-19(16,17)14-9-4-3-5-10-14/h3-11,15H,2H2,1H3. The van der Waals surface area contributed by atoms with Crippen LogP contribution in [0.25, 0.3) is 0 Å². The van der Waals surface area contributed by atoms with Crippen molar-refractivity contribution >= 4 is 15.7 Å². The predicted octanol–water partition coefficient (Wildman–Crippen LogP) is 2.89. The lowest BCUT2D eigenvalue weighted by Crippen LogP contribution is -2.12. The molecule has 0 aliphatic rings. The van der Waals surface area contributed by atoms with Gasteiger partial charge in [-0.1, -0.05) is 24.3 Å². The zero-order chi connectivity index (χ0) is 13.7. The number of hydrogen-bond acceptors (Lipinski definition) is 3. The molecule has 0 heterocycles. The fraction of sp³-hybridized carbons (Fsp3) is 0.143. The van der Waals surface area contributed by atoms with Gasteiger partial charge in [0, 0.05) is 6.07 Å². The SMILES string of the molecule is CCOc1cccc(NS(=O)(=O)c2ccccc2)c1. The van der Waals surface area contributed by atoms with Crippen LogP contribution in [0, 0.1) is 0 Å². The van der Waals surface area contributed by atoms with Crippen molar-refractivity contribution in [2.24, 2.45) is 0 Å². The summed E-state index contributed by atoms with van der Waals surface area (Å²) in [6.45, 7) is 2.41. The van der Waals surface area contributed by atoms with Crippen LogP contribution < -0.4 is 9.46 Å². The van der Waals surface area contributed by atoms with E-state index in [1.807, 2.05) is 6.92 Å². The number of nitrogens with one attached hydrogen (secondary N) is 1. The largest absolute Gasteiger partial charge is 0.494 e. The first-order valence-corrected chi connectivity index (χ1v) is 7.41. The van der Waals surface area contributed by atoms with Gasteiger partial charge in [0.05, 0.1) is 17.2 Å². The summed E-state index contributed by atoms with van der Waals surface area (Å²) >= 11 is 0. The summed E-state index contributed by atoms with van der Waals surface area (Å²) in [4.78, 5) is 0.233. The van der Waals surface area contributed by atoms with Crippen LogP contribution in [0.5, 0.6) is 5.75 Å². The highest BCUT2D eigenvalue weighted by Crippen LogP contribution is 2.20. The Morgan fingerprint density at radius 3 is 2.47 bits per heavy atom. The van der Waals surface area contributed by atoms with Gasteiger partial charge in [0.25, 0.3) is 10.0 Å². The number of ether oxygens (including phenoxy) is 1. The van der Waals surface area contributed by atoms with Crippen molar-refractivity contribution in [3.05, 3.63) is 54.6 Å². The molecule has 0 amide bonds. The summed E-state index contributed by atoms with van der Waals surface area (Å²) in [7, 11) is -3.55. The number of rotatable bonds is 5. The molecule has 0 saturated heterocycles. The van der Waals surface area contributed by atoms with Gasteiger partial charge in [-0.05, 0) is 31.2 Å². The Morgan fingerprint density at radius 2 is 1.79 bits per heavy atom. The molecule has 0 radical (unpaired) electrons. The maximum Gasteiger partial charge on any atom is 0.261 e. The number of sulfonamides is 1. The zero-order valence-electron chi connectivity index (χ0n) is 10.5. The van der Waals surface area contributed by atoms with Crippen LogP contribution in [-0.4, -0.2) is 15.0 Å².